The van der Waals surface area contributed by atoms with Gasteiger partial charge in [0.2, 0.25) is 6.58 Å². The maximum absolute atomic E-state index is 5.28. The van der Waals surface area contributed by atoms with Gasteiger partial charge < -0.3 is 4.74 Å². The number of rotatable bonds is 4. The highest BCUT2D eigenvalue weighted by molar-refractivity contribution is 5.27. The molecule has 0 aliphatic carbocycles. The molecule has 1 heteroatoms. The predicted molar refractivity (Wildman–Crippen MR) is 50.2 cm³/mol. The van der Waals surface area contributed by atoms with Crippen molar-refractivity contribution in [2.24, 2.45) is 0 Å². The van der Waals surface area contributed by atoms with E-state index in [1.54, 1.807) is 13.2 Å². The van der Waals surface area contributed by atoms with Crippen molar-refractivity contribution in [1.82, 2.24) is 0 Å². The van der Waals surface area contributed by atoms with Crippen LogP contribution in [-0.4, -0.2) is 7.11 Å². The molecule has 0 unspecified atom stereocenters. The van der Waals surface area contributed by atoms with E-state index in [1.165, 1.54) is 5.56 Å². The molecule has 1 nitrogen and oxygen atoms in total. The predicted octanol–water partition coefficient (Wildman–Crippen LogP) is 2.62. The van der Waals surface area contributed by atoms with Crippen LogP contribution in [0, 0.1) is 6.58 Å². The molecule has 12 heavy (non-hydrogen) atoms. The second-order valence-corrected chi connectivity index (χ2v) is 2.62. The van der Waals surface area contributed by atoms with Gasteiger partial charge in [-0.25, -0.2) is 0 Å². The van der Waals surface area contributed by atoms with Crippen molar-refractivity contribution in [3.63, 3.8) is 0 Å². The van der Waals surface area contributed by atoms with Crippen LogP contribution < -0.4 is 4.74 Å². The third-order valence-electron chi connectivity index (χ3n) is 1.76. The molecule has 1 aromatic carbocycles. The Hall–Kier alpha value is -1.33. The lowest BCUT2D eigenvalue weighted by Crippen LogP contribution is -1.85. The molecular weight excluding hydrogens is 148 g/mol. The molecule has 62 valence electrons. The minimum atomic E-state index is 0.899. The highest BCUT2D eigenvalue weighted by Crippen LogP contribution is 2.12. The zero-order chi connectivity index (χ0) is 8.81. The van der Waals surface area contributed by atoms with Crippen LogP contribution in [0.5, 0.6) is 5.75 Å². The summed E-state index contributed by atoms with van der Waals surface area (Å²) in [4.78, 5) is 0. The van der Waals surface area contributed by atoms with Gasteiger partial charge in [0.1, 0.15) is 5.75 Å². The highest BCUT2D eigenvalue weighted by Gasteiger charge is 1.93. The fourth-order valence-electron chi connectivity index (χ4n) is 1.04. The van der Waals surface area contributed by atoms with Crippen LogP contribution in [0.3, 0.4) is 0 Å². The smallest absolute Gasteiger partial charge is 0.201 e. The summed E-state index contributed by atoms with van der Waals surface area (Å²) >= 11 is 0. The van der Waals surface area contributed by atoms with Crippen molar-refractivity contribution in [3.05, 3.63) is 42.5 Å². The van der Waals surface area contributed by atoms with Gasteiger partial charge in [0.15, 0.2) is 6.08 Å². The molecular formula is C11H13O+. The van der Waals surface area contributed by atoms with Crippen LogP contribution in [0.15, 0.2) is 30.3 Å². The van der Waals surface area contributed by atoms with Crippen LogP contribution in [0.1, 0.15) is 12.0 Å². The number of hydrogen-bond donors (Lipinski definition) is 0. The van der Waals surface area contributed by atoms with Crippen LogP contribution in [0.2, 0.25) is 0 Å². The number of hydrogen-bond acceptors (Lipinski definition) is 1. The second kappa shape index (κ2) is 4.53. The summed E-state index contributed by atoms with van der Waals surface area (Å²) in [5, 5.41) is 0. The van der Waals surface area contributed by atoms with E-state index < -0.39 is 0 Å². The molecule has 0 aliphatic heterocycles. The lowest BCUT2D eigenvalue weighted by atomic mass is 10.1. The molecule has 1 rings (SSSR count). The van der Waals surface area contributed by atoms with Crippen LogP contribution in [-0.2, 0) is 6.42 Å². The molecule has 0 N–H and O–H groups in total. The van der Waals surface area contributed by atoms with Crippen LogP contribution >= 0.6 is 0 Å². The third kappa shape index (κ3) is 2.37. The summed E-state index contributed by atoms with van der Waals surface area (Å²) in [6.45, 7) is 5.28. The number of methoxy groups -OCH3 is 1. The van der Waals surface area contributed by atoms with Gasteiger partial charge in [0.05, 0.1) is 7.11 Å². The van der Waals surface area contributed by atoms with Gasteiger partial charge in [-0.3, -0.25) is 0 Å². The summed E-state index contributed by atoms with van der Waals surface area (Å²) in [6.07, 6.45) is 3.61. The van der Waals surface area contributed by atoms with Crippen LogP contribution in [0.4, 0.5) is 0 Å². The first-order valence-electron chi connectivity index (χ1n) is 4.03. The zero-order valence-electron chi connectivity index (χ0n) is 7.29. The molecule has 0 saturated heterocycles. The molecule has 0 aliphatic rings. The van der Waals surface area contributed by atoms with Gasteiger partial charge in [0, 0.05) is 6.42 Å². The Kier molecular flexibility index (Phi) is 3.31. The Morgan fingerprint density at radius 3 is 2.50 bits per heavy atom. The van der Waals surface area contributed by atoms with Gasteiger partial charge in [-0.1, -0.05) is 12.1 Å². The van der Waals surface area contributed by atoms with E-state index in [4.69, 9.17) is 11.3 Å². The lowest BCUT2D eigenvalue weighted by molar-refractivity contribution is 0.414. The van der Waals surface area contributed by atoms with E-state index in [2.05, 4.69) is 12.1 Å². The summed E-state index contributed by atoms with van der Waals surface area (Å²) in [5.41, 5.74) is 1.29. The van der Waals surface area contributed by atoms with Crippen molar-refractivity contribution in [3.8, 4) is 5.75 Å². The molecule has 0 bridgehead atoms. The van der Waals surface area contributed by atoms with Crippen molar-refractivity contribution >= 4 is 0 Å². The van der Waals surface area contributed by atoms with E-state index in [-0.39, 0.29) is 0 Å². The molecule has 0 spiro atoms. The van der Waals surface area contributed by atoms with Gasteiger partial charge in [-0.2, -0.15) is 0 Å². The molecule has 0 fully saturated rings. The second-order valence-electron chi connectivity index (χ2n) is 2.62. The topological polar surface area (TPSA) is 9.23 Å². The Morgan fingerprint density at radius 2 is 2.00 bits per heavy atom. The monoisotopic (exact) mass is 161 g/mol. The normalized spacial score (nSPS) is 9.33. The summed E-state index contributed by atoms with van der Waals surface area (Å²) < 4.78 is 5.04. The summed E-state index contributed by atoms with van der Waals surface area (Å²) in [7, 11) is 1.67. The van der Waals surface area contributed by atoms with Crippen molar-refractivity contribution in [2.75, 3.05) is 7.11 Å². The number of aryl methyl sites for hydroxylation is 1. The van der Waals surface area contributed by atoms with Gasteiger partial charge in [0.25, 0.3) is 0 Å². The lowest BCUT2D eigenvalue weighted by Gasteiger charge is -2.00. The van der Waals surface area contributed by atoms with E-state index in [9.17, 15) is 0 Å². The van der Waals surface area contributed by atoms with E-state index in [0.717, 1.165) is 18.6 Å². The Balaban J connectivity index is 2.58. The molecule has 0 aromatic heterocycles. The number of ether oxygens (including phenoxy) is 1. The highest BCUT2D eigenvalue weighted by atomic mass is 16.5. The van der Waals surface area contributed by atoms with Gasteiger partial charge >= 0.3 is 0 Å². The first-order chi connectivity index (χ1) is 5.86. The standard InChI is InChI=1S/C11H13O/c1-3-4-5-10-6-8-11(12-2)9-7-10/h1,3,6-9H,4-5H2,2H3/q+1. The fourth-order valence-corrected chi connectivity index (χ4v) is 1.04. The Labute approximate surface area is 73.7 Å². The van der Waals surface area contributed by atoms with E-state index in [1.807, 2.05) is 12.1 Å². The SMILES string of the molecule is [CH+]=CCCc1ccc(OC)cc1. The van der Waals surface area contributed by atoms with Crippen molar-refractivity contribution in [1.29, 1.82) is 0 Å². The fraction of sp³-hybridized carbons (Fsp3) is 0.273. The molecule has 1 aromatic rings. The number of benzene rings is 1. The molecule has 0 radical (unpaired) electrons. The maximum Gasteiger partial charge on any atom is 0.201 e. The van der Waals surface area contributed by atoms with Gasteiger partial charge in [-0.15, -0.1) is 0 Å². The van der Waals surface area contributed by atoms with E-state index >= 15 is 0 Å². The zero-order valence-corrected chi connectivity index (χ0v) is 7.29. The average Bonchev–Trinajstić information content (AvgIpc) is 2.15. The van der Waals surface area contributed by atoms with Gasteiger partial charge in [-0.05, 0) is 24.1 Å². The molecule has 0 heterocycles. The first-order valence-corrected chi connectivity index (χ1v) is 4.03. The first kappa shape index (κ1) is 8.76. The van der Waals surface area contributed by atoms with Crippen molar-refractivity contribution in [2.45, 2.75) is 12.8 Å². The largest absolute Gasteiger partial charge is 0.497 e. The quantitative estimate of drug-likeness (QED) is 0.617. The summed E-state index contributed by atoms with van der Waals surface area (Å²) in [5.74, 6) is 0.899. The van der Waals surface area contributed by atoms with Crippen LogP contribution in [0.25, 0.3) is 0 Å². The maximum atomic E-state index is 5.28. The third-order valence-corrected chi connectivity index (χ3v) is 1.76. The molecule has 0 atom stereocenters. The summed E-state index contributed by atoms with van der Waals surface area (Å²) in [6, 6.07) is 8.04. The van der Waals surface area contributed by atoms with E-state index in [0.29, 0.717) is 0 Å². The molecule has 0 amide bonds. The minimum absolute atomic E-state index is 0.899. The number of allylic oxidation sites excluding steroid dienone is 1. The Bertz CT molecular complexity index is 236. The van der Waals surface area contributed by atoms with Crippen molar-refractivity contribution < 1.29 is 4.74 Å². The molecule has 0 saturated carbocycles. The Morgan fingerprint density at radius 1 is 1.33 bits per heavy atom. The average molecular weight is 161 g/mol. The minimum Gasteiger partial charge on any atom is -0.497 e.